The van der Waals surface area contributed by atoms with Crippen LogP contribution in [0.5, 0.6) is 0 Å². The van der Waals surface area contributed by atoms with Gasteiger partial charge in [-0.1, -0.05) is 30.7 Å². The maximum atomic E-state index is 5.83. The number of aliphatic imine (C=N–C) groups is 1. The zero-order valence-corrected chi connectivity index (χ0v) is 14.6. The fraction of sp³-hybridized carbons (Fsp3) is 0.500. The normalized spacial score (nSPS) is 12.7. The standard InChI is InChI=1S/C14H22ClN3.HI/c1-3-11(2)18-14(16)17-10-4-5-12-6-8-13(15)9-7-12;/h6-9,11H,3-5,10H2,1-2H3,(H3,16,17,18);1H. The van der Waals surface area contributed by atoms with Gasteiger partial charge in [-0.15, -0.1) is 24.0 Å². The highest BCUT2D eigenvalue weighted by molar-refractivity contribution is 14.0. The fourth-order valence-corrected chi connectivity index (χ4v) is 1.66. The number of halogens is 2. The minimum Gasteiger partial charge on any atom is -0.370 e. The van der Waals surface area contributed by atoms with E-state index >= 15 is 0 Å². The van der Waals surface area contributed by atoms with E-state index in [0.29, 0.717) is 12.0 Å². The minimum atomic E-state index is 0. The zero-order chi connectivity index (χ0) is 13.4. The molecule has 1 aromatic carbocycles. The summed E-state index contributed by atoms with van der Waals surface area (Å²) in [5.41, 5.74) is 7.05. The molecule has 1 aromatic rings. The predicted octanol–water partition coefficient (Wildman–Crippen LogP) is 3.59. The van der Waals surface area contributed by atoms with Crippen LogP contribution in [-0.2, 0) is 6.42 Å². The van der Waals surface area contributed by atoms with Crippen molar-refractivity contribution in [2.45, 2.75) is 39.2 Å². The summed E-state index contributed by atoms with van der Waals surface area (Å²) in [6, 6.07) is 8.31. The summed E-state index contributed by atoms with van der Waals surface area (Å²) < 4.78 is 0. The molecule has 0 amide bonds. The molecule has 1 rings (SSSR count). The Balaban J connectivity index is 0.00000324. The first-order valence-corrected chi connectivity index (χ1v) is 6.80. The first kappa shape index (κ1) is 18.5. The number of aryl methyl sites for hydroxylation is 1. The third-order valence-electron chi connectivity index (χ3n) is 2.83. The van der Waals surface area contributed by atoms with E-state index in [1.165, 1.54) is 5.56 Å². The number of benzene rings is 1. The van der Waals surface area contributed by atoms with Gasteiger partial charge in [0, 0.05) is 17.6 Å². The van der Waals surface area contributed by atoms with E-state index in [1.54, 1.807) is 0 Å². The minimum absolute atomic E-state index is 0. The summed E-state index contributed by atoms with van der Waals surface area (Å²) in [5, 5.41) is 3.92. The SMILES string of the molecule is CCC(C)NC(N)=NCCCc1ccc(Cl)cc1.I. The summed E-state index contributed by atoms with van der Waals surface area (Å²) in [6.45, 7) is 4.96. The lowest BCUT2D eigenvalue weighted by Gasteiger charge is -2.11. The van der Waals surface area contributed by atoms with Gasteiger partial charge in [-0.25, -0.2) is 0 Å². The predicted molar refractivity (Wildman–Crippen MR) is 94.6 cm³/mol. The van der Waals surface area contributed by atoms with Crippen LogP contribution in [0.15, 0.2) is 29.3 Å². The molecule has 5 heteroatoms. The van der Waals surface area contributed by atoms with Crippen molar-refractivity contribution < 1.29 is 0 Å². The van der Waals surface area contributed by atoms with Crippen molar-refractivity contribution in [1.29, 1.82) is 0 Å². The maximum Gasteiger partial charge on any atom is 0.188 e. The van der Waals surface area contributed by atoms with Crippen molar-refractivity contribution in [1.82, 2.24) is 5.32 Å². The van der Waals surface area contributed by atoms with Gasteiger partial charge in [0.05, 0.1) is 0 Å². The van der Waals surface area contributed by atoms with Crippen LogP contribution in [0.4, 0.5) is 0 Å². The second-order valence-electron chi connectivity index (χ2n) is 4.45. The van der Waals surface area contributed by atoms with E-state index in [0.717, 1.165) is 30.8 Å². The quantitative estimate of drug-likeness (QED) is 0.335. The van der Waals surface area contributed by atoms with E-state index in [9.17, 15) is 0 Å². The molecule has 0 spiro atoms. The smallest absolute Gasteiger partial charge is 0.188 e. The highest BCUT2D eigenvalue weighted by Gasteiger charge is 1.98. The summed E-state index contributed by atoms with van der Waals surface area (Å²) in [6.07, 6.45) is 3.03. The lowest BCUT2D eigenvalue weighted by atomic mass is 10.1. The third-order valence-corrected chi connectivity index (χ3v) is 3.08. The van der Waals surface area contributed by atoms with Crippen molar-refractivity contribution >= 4 is 41.5 Å². The van der Waals surface area contributed by atoms with Gasteiger partial charge in [-0.05, 0) is 43.9 Å². The number of hydrogen-bond acceptors (Lipinski definition) is 1. The summed E-state index contributed by atoms with van der Waals surface area (Å²) in [7, 11) is 0. The molecule has 0 aliphatic heterocycles. The largest absolute Gasteiger partial charge is 0.370 e. The first-order valence-electron chi connectivity index (χ1n) is 6.42. The van der Waals surface area contributed by atoms with Gasteiger partial charge in [-0.3, -0.25) is 4.99 Å². The number of nitrogens with two attached hydrogens (primary N) is 1. The van der Waals surface area contributed by atoms with Crippen LogP contribution >= 0.6 is 35.6 Å². The Morgan fingerprint density at radius 1 is 1.37 bits per heavy atom. The molecule has 108 valence electrons. The van der Waals surface area contributed by atoms with Gasteiger partial charge in [0.2, 0.25) is 0 Å². The Bertz CT molecular complexity index is 379. The Hall–Kier alpha value is -0.490. The lowest BCUT2D eigenvalue weighted by Crippen LogP contribution is -2.38. The summed E-state index contributed by atoms with van der Waals surface area (Å²) >= 11 is 5.83. The van der Waals surface area contributed by atoms with Gasteiger partial charge >= 0.3 is 0 Å². The van der Waals surface area contributed by atoms with Gasteiger partial charge < -0.3 is 11.1 Å². The van der Waals surface area contributed by atoms with Crippen molar-refractivity contribution in [2.75, 3.05) is 6.54 Å². The highest BCUT2D eigenvalue weighted by Crippen LogP contribution is 2.10. The third kappa shape index (κ3) is 8.31. The molecule has 0 aliphatic rings. The zero-order valence-electron chi connectivity index (χ0n) is 11.5. The molecular weight excluding hydrogens is 373 g/mol. The topological polar surface area (TPSA) is 50.4 Å². The van der Waals surface area contributed by atoms with E-state index in [2.05, 4.69) is 24.2 Å². The monoisotopic (exact) mass is 395 g/mol. The van der Waals surface area contributed by atoms with Gasteiger partial charge in [-0.2, -0.15) is 0 Å². The molecule has 0 radical (unpaired) electrons. The first-order chi connectivity index (χ1) is 8.61. The molecule has 19 heavy (non-hydrogen) atoms. The molecule has 3 N–H and O–H groups in total. The average Bonchev–Trinajstić information content (AvgIpc) is 2.36. The van der Waals surface area contributed by atoms with E-state index in [1.807, 2.05) is 24.3 Å². The molecule has 0 fully saturated rings. The Kier molecular flexibility index (Phi) is 10.0. The molecule has 3 nitrogen and oxygen atoms in total. The number of nitrogens with one attached hydrogen (secondary N) is 1. The van der Waals surface area contributed by atoms with Crippen molar-refractivity contribution in [3.63, 3.8) is 0 Å². The lowest BCUT2D eigenvalue weighted by molar-refractivity contribution is 0.635. The van der Waals surface area contributed by atoms with Crippen LogP contribution in [-0.4, -0.2) is 18.5 Å². The van der Waals surface area contributed by atoms with Gasteiger partial charge in [0.15, 0.2) is 5.96 Å². The van der Waals surface area contributed by atoms with Crippen LogP contribution in [0.2, 0.25) is 5.02 Å². The molecule has 0 bridgehead atoms. The van der Waals surface area contributed by atoms with Crippen molar-refractivity contribution in [2.24, 2.45) is 10.7 Å². The second kappa shape index (κ2) is 10.3. The Labute approximate surface area is 138 Å². The van der Waals surface area contributed by atoms with Crippen LogP contribution in [0.3, 0.4) is 0 Å². The molecule has 0 saturated heterocycles. The maximum absolute atomic E-state index is 5.83. The molecule has 0 aromatic heterocycles. The van der Waals surface area contributed by atoms with E-state index in [-0.39, 0.29) is 24.0 Å². The van der Waals surface area contributed by atoms with Crippen LogP contribution in [0.25, 0.3) is 0 Å². The number of guanidine groups is 1. The van der Waals surface area contributed by atoms with Crippen LogP contribution in [0.1, 0.15) is 32.3 Å². The Morgan fingerprint density at radius 3 is 2.58 bits per heavy atom. The van der Waals surface area contributed by atoms with E-state index < -0.39 is 0 Å². The summed E-state index contributed by atoms with van der Waals surface area (Å²) in [4.78, 5) is 4.30. The van der Waals surface area contributed by atoms with Crippen LogP contribution < -0.4 is 11.1 Å². The van der Waals surface area contributed by atoms with Gasteiger partial charge in [0.25, 0.3) is 0 Å². The number of rotatable bonds is 6. The number of hydrogen-bond donors (Lipinski definition) is 2. The molecule has 0 saturated carbocycles. The summed E-state index contributed by atoms with van der Waals surface area (Å²) in [5.74, 6) is 0.542. The van der Waals surface area contributed by atoms with Crippen LogP contribution in [0, 0.1) is 0 Å². The van der Waals surface area contributed by atoms with Gasteiger partial charge in [0.1, 0.15) is 0 Å². The Morgan fingerprint density at radius 2 is 2.00 bits per heavy atom. The average molecular weight is 396 g/mol. The molecule has 0 aliphatic carbocycles. The number of nitrogens with zero attached hydrogens (tertiary/aromatic N) is 1. The second-order valence-corrected chi connectivity index (χ2v) is 4.89. The molecule has 1 atom stereocenters. The highest BCUT2D eigenvalue weighted by atomic mass is 127. The molecule has 0 heterocycles. The van der Waals surface area contributed by atoms with Crippen molar-refractivity contribution in [3.05, 3.63) is 34.9 Å². The molecule has 1 unspecified atom stereocenters. The molecular formula is C14H23ClIN3. The fourth-order valence-electron chi connectivity index (χ4n) is 1.53. The van der Waals surface area contributed by atoms with E-state index in [4.69, 9.17) is 17.3 Å². The van der Waals surface area contributed by atoms with Crippen molar-refractivity contribution in [3.8, 4) is 0 Å².